The Balaban J connectivity index is 1.96. The van der Waals surface area contributed by atoms with E-state index in [1.54, 1.807) is 25.5 Å². The van der Waals surface area contributed by atoms with Gasteiger partial charge in [-0.25, -0.2) is 5.43 Å². The number of anilines is 1. The van der Waals surface area contributed by atoms with Gasteiger partial charge in [0.1, 0.15) is 5.75 Å². The third-order valence-corrected chi connectivity index (χ3v) is 4.15. The van der Waals surface area contributed by atoms with Crippen LogP contribution in [0, 0.1) is 0 Å². The van der Waals surface area contributed by atoms with Gasteiger partial charge in [0.15, 0.2) is 0 Å². The molecule has 0 heterocycles. The number of hydrogen-bond acceptors (Lipinski definition) is 4. The molecule has 5 nitrogen and oxygen atoms in total. The molecule has 0 saturated carbocycles. The van der Waals surface area contributed by atoms with Gasteiger partial charge in [-0.1, -0.05) is 12.1 Å². The Hall–Kier alpha value is -1.86. The van der Waals surface area contributed by atoms with Gasteiger partial charge in [0.25, 0.3) is 0 Å². The quantitative estimate of drug-likeness (QED) is 0.424. The third-order valence-electron chi connectivity index (χ3n) is 2.97. The molecule has 2 aromatic carbocycles. The number of ether oxygens (including phenoxy) is 1. The van der Waals surface area contributed by atoms with Crippen molar-refractivity contribution in [1.29, 1.82) is 0 Å². The molecular formula is C16H15Br2N3O2. The average Bonchev–Trinajstić information content (AvgIpc) is 2.49. The molecular weight excluding hydrogens is 426 g/mol. The predicted octanol–water partition coefficient (Wildman–Crippen LogP) is 3.50. The number of nitrogens with two attached hydrogens (primary N) is 1. The molecule has 23 heavy (non-hydrogen) atoms. The summed E-state index contributed by atoms with van der Waals surface area (Å²) in [5, 5.41) is 3.96. The Morgan fingerprint density at radius 1 is 1.26 bits per heavy atom. The maximum Gasteiger partial charge on any atom is 0.244 e. The van der Waals surface area contributed by atoms with Crippen LogP contribution < -0.4 is 15.9 Å². The van der Waals surface area contributed by atoms with Crippen molar-refractivity contribution >= 4 is 49.7 Å². The highest BCUT2D eigenvalue weighted by atomic mass is 79.9. The van der Waals surface area contributed by atoms with E-state index in [-0.39, 0.29) is 12.3 Å². The number of halogens is 2. The van der Waals surface area contributed by atoms with Gasteiger partial charge in [-0.2, -0.15) is 5.10 Å². The summed E-state index contributed by atoms with van der Waals surface area (Å²) >= 11 is 6.83. The van der Waals surface area contributed by atoms with Crippen molar-refractivity contribution in [3.63, 3.8) is 0 Å². The van der Waals surface area contributed by atoms with Gasteiger partial charge in [-0.15, -0.1) is 0 Å². The summed E-state index contributed by atoms with van der Waals surface area (Å²) in [6.07, 6.45) is 1.81. The minimum Gasteiger partial charge on any atom is -0.494 e. The van der Waals surface area contributed by atoms with Crippen LogP contribution in [0.25, 0.3) is 0 Å². The molecule has 120 valence electrons. The molecule has 0 aromatic heterocycles. The molecule has 0 fully saturated rings. The maximum absolute atomic E-state index is 11.8. The molecule has 0 saturated heterocycles. The number of hydrogen-bond donors (Lipinski definition) is 2. The molecule has 1 amide bonds. The second-order valence-corrected chi connectivity index (χ2v) is 6.44. The van der Waals surface area contributed by atoms with Crippen molar-refractivity contribution in [2.75, 3.05) is 12.8 Å². The third kappa shape index (κ3) is 5.07. The Labute approximate surface area is 151 Å². The molecule has 7 heteroatoms. The normalized spacial score (nSPS) is 10.7. The summed E-state index contributed by atoms with van der Waals surface area (Å²) in [6, 6.07) is 10.8. The number of hydrazone groups is 1. The number of methoxy groups -OCH3 is 1. The zero-order valence-corrected chi connectivity index (χ0v) is 15.5. The van der Waals surface area contributed by atoms with Gasteiger partial charge in [-0.3, -0.25) is 4.79 Å². The Morgan fingerprint density at radius 3 is 2.43 bits per heavy atom. The number of nitrogen functional groups attached to an aromatic ring is 1. The van der Waals surface area contributed by atoms with Gasteiger partial charge in [-0.05, 0) is 67.3 Å². The highest BCUT2D eigenvalue weighted by molar-refractivity contribution is 9.11. The van der Waals surface area contributed by atoms with Crippen LogP contribution in [-0.4, -0.2) is 19.2 Å². The zero-order chi connectivity index (χ0) is 16.8. The molecule has 0 atom stereocenters. The fraction of sp³-hybridized carbons (Fsp3) is 0.125. The summed E-state index contributed by atoms with van der Waals surface area (Å²) in [4.78, 5) is 11.8. The first-order valence-electron chi connectivity index (χ1n) is 6.69. The van der Waals surface area contributed by atoms with Crippen LogP contribution in [0.1, 0.15) is 11.1 Å². The van der Waals surface area contributed by atoms with Crippen molar-refractivity contribution in [3.8, 4) is 5.75 Å². The number of benzene rings is 2. The first-order chi connectivity index (χ1) is 11.0. The first kappa shape index (κ1) is 17.5. The number of rotatable bonds is 5. The van der Waals surface area contributed by atoms with E-state index in [0.29, 0.717) is 11.4 Å². The largest absolute Gasteiger partial charge is 0.494 e. The Morgan fingerprint density at radius 2 is 1.87 bits per heavy atom. The van der Waals surface area contributed by atoms with Gasteiger partial charge in [0.05, 0.1) is 28.7 Å². The molecule has 3 N–H and O–H groups in total. The van der Waals surface area contributed by atoms with Gasteiger partial charge in [0, 0.05) is 5.69 Å². The lowest BCUT2D eigenvalue weighted by molar-refractivity contribution is -0.120. The number of carbonyl (C=O) groups excluding carboxylic acids is 1. The van der Waals surface area contributed by atoms with E-state index in [2.05, 4.69) is 42.4 Å². The lowest BCUT2D eigenvalue weighted by atomic mass is 10.1. The van der Waals surface area contributed by atoms with E-state index in [1.807, 2.05) is 24.3 Å². The summed E-state index contributed by atoms with van der Waals surface area (Å²) in [7, 11) is 1.59. The monoisotopic (exact) mass is 439 g/mol. The second-order valence-electron chi connectivity index (χ2n) is 4.73. The summed E-state index contributed by atoms with van der Waals surface area (Å²) in [5.74, 6) is 0.507. The number of carbonyl (C=O) groups is 1. The van der Waals surface area contributed by atoms with E-state index in [1.165, 1.54) is 0 Å². The molecule has 0 aliphatic rings. The molecule has 0 radical (unpaired) electrons. The van der Waals surface area contributed by atoms with Gasteiger partial charge >= 0.3 is 0 Å². The van der Waals surface area contributed by atoms with Crippen molar-refractivity contribution in [2.45, 2.75) is 6.42 Å². The van der Waals surface area contributed by atoms with Crippen molar-refractivity contribution in [3.05, 3.63) is 56.5 Å². The van der Waals surface area contributed by atoms with E-state index < -0.39 is 0 Å². The standard InChI is InChI=1S/C16H15Br2N3O2/c1-23-16-13(17)6-11(7-14(16)18)9-20-21-15(22)8-10-2-4-12(19)5-3-10/h2-7,9H,8,19H2,1H3,(H,21,22)/b20-9-. The minimum absolute atomic E-state index is 0.197. The first-order valence-corrected chi connectivity index (χ1v) is 8.27. The lowest BCUT2D eigenvalue weighted by Crippen LogP contribution is -2.19. The topological polar surface area (TPSA) is 76.7 Å². The fourth-order valence-electron chi connectivity index (χ4n) is 1.89. The molecule has 0 bridgehead atoms. The van der Waals surface area contributed by atoms with Crippen molar-refractivity contribution in [1.82, 2.24) is 5.43 Å². The molecule has 0 spiro atoms. The fourth-order valence-corrected chi connectivity index (χ4v) is 3.43. The average molecular weight is 441 g/mol. The van der Waals surface area contributed by atoms with Crippen LogP contribution in [-0.2, 0) is 11.2 Å². The van der Waals surface area contributed by atoms with Gasteiger partial charge in [0.2, 0.25) is 5.91 Å². The lowest BCUT2D eigenvalue weighted by Gasteiger charge is -2.06. The van der Waals surface area contributed by atoms with Crippen LogP contribution >= 0.6 is 31.9 Å². The highest BCUT2D eigenvalue weighted by Gasteiger charge is 2.07. The number of nitrogens with zero attached hydrogens (tertiary/aromatic N) is 1. The zero-order valence-electron chi connectivity index (χ0n) is 12.3. The molecule has 2 rings (SSSR count). The van der Waals surface area contributed by atoms with E-state index in [9.17, 15) is 4.79 Å². The minimum atomic E-state index is -0.197. The summed E-state index contributed by atoms with van der Waals surface area (Å²) in [5.41, 5.74) is 10.5. The number of nitrogens with one attached hydrogen (secondary N) is 1. The van der Waals surface area contributed by atoms with E-state index in [0.717, 1.165) is 20.1 Å². The van der Waals surface area contributed by atoms with Crippen LogP contribution in [0.2, 0.25) is 0 Å². The van der Waals surface area contributed by atoms with E-state index >= 15 is 0 Å². The molecule has 0 unspecified atom stereocenters. The SMILES string of the molecule is COc1c(Br)cc(/C=N\NC(=O)Cc2ccc(N)cc2)cc1Br. The number of amides is 1. The maximum atomic E-state index is 11.8. The van der Waals surface area contributed by atoms with Crippen LogP contribution in [0.3, 0.4) is 0 Å². The molecule has 0 aliphatic heterocycles. The van der Waals surface area contributed by atoms with E-state index in [4.69, 9.17) is 10.5 Å². The predicted molar refractivity (Wildman–Crippen MR) is 98.7 cm³/mol. The second kappa shape index (κ2) is 8.12. The van der Waals surface area contributed by atoms with Crippen molar-refractivity contribution in [2.24, 2.45) is 5.10 Å². The van der Waals surface area contributed by atoms with Crippen LogP contribution in [0.15, 0.2) is 50.4 Å². The highest BCUT2D eigenvalue weighted by Crippen LogP contribution is 2.33. The van der Waals surface area contributed by atoms with Crippen molar-refractivity contribution < 1.29 is 9.53 Å². The van der Waals surface area contributed by atoms with Gasteiger partial charge < -0.3 is 10.5 Å². The van der Waals surface area contributed by atoms with Crippen LogP contribution in [0.4, 0.5) is 5.69 Å². The smallest absolute Gasteiger partial charge is 0.244 e. The molecule has 2 aromatic rings. The summed E-state index contributed by atoms with van der Waals surface area (Å²) < 4.78 is 6.82. The Kier molecular flexibility index (Phi) is 6.18. The Bertz CT molecular complexity index is 708. The summed E-state index contributed by atoms with van der Waals surface area (Å²) in [6.45, 7) is 0. The van der Waals surface area contributed by atoms with Crippen LogP contribution in [0.5, 0.6) is 5.75 Å². The molecule has 0 aliphatic carbocycles.